The van der Waals surface area contributed by atoms with Crippen LogP contribution in [0.2, 0.25) is 0 Å². The molecule has 2 N–H and O–H groups in total. The summed E-state index contributed by atoms with van der Waals surface area (Å²) in [5.74, 6) is 0.0520. The number of amides is 1. The molecule has 21 heavy (non-hydrogen) atoms. The summed E-state index contributed by atoms with van der Waals surface area (Å²) < 4.78 is 23.6. The van der Waals surface area contributed by atoms with Crippen molar-refractivity contribution in [1.29, 1.82) is 0 Å². The number of nitrogens with one attached hydrogen (secondary N) is 2. The number of benzene rings is 1. The number of hydrogen-bond acceptors (Lipinski definition) is 4. The van der Waals surface area contributed by atoms with Crippen LogP contribution in [0.3, 0.4) is 0 Å². The first kappa shape index (κ1) is 14.4. The number of aryl methyl sites for hydroxylation is 1. The average molecular weight is 308 g/mol. The van der Waals surface area contributed by atoms with Crippen LogP contribution in [0.1, 0.15) is 31.2 Å². The summed E-state index contributed by atoms with van der Waals surface area (Å²) in [6.45, 7) is 0. The summed E-state index contributed by atoms with van der Waals surface area (Å²) >= 11 is 0. The van der Waals surface area contributed by atoms with E-state index in [-0.39, 0.29) is 17.2 Å². The van der Waals surface area contributed by atoms with E-state index in [0.717, 1.165) is 42.6 Å². The Morgan fingerprint density at radius 2 is 2.05 bits per heavy atom. The summed E-state index contributed by atoms with van der Waals surface area (Å²) in [6.07, 6.45) is 5.11. The van der Waals surface area contributed by atoms with E-state index in [1.807, 2.05) is 18.2 Å². The van der Waals surface area contributed by atoms with Crippen molar-refractivity contribution in [2.45, 2.75) is 43.4 Å². The Labute approximate surface area is 125 Å². The second-order valence-electron chi connectivity index (χ2n) is 5.97. The van der Waals surface area contributed by atoms with Crippen LogP contribution in [-0.2, 0) is 21.1 Å². The molecule has 0 saturated heterocycles. The molecule has 1 fully saturated rings. The van der Waals surface area contributed by atoms with Gasteiger partial charge in [0.25, 0.3) is 0 Å². The number of anilines is 2. The molecule has 1 aromatic rings. The zero-order chi connectivity index (χ0) is 15.0. The number of hydrogen-bond donors (Lipinski definition) is 2. The Kier molecular flexibility index (Phi) is 3.65. The van der Waals surface area contributed by atoms with Gasteiger partial charge in [-0.2, -0.15) is 0 Å². The molecule has 1 heterocycles. The molecular formula is C15H20N2O3S. The lowest BCUT2D eigenvalue weighted by Crippen LogP contribution is -2.34. The Morgan fingerprint density at radius 1 is 1.24 bits per heavy atom. The Morgan fingerprint density at radius 3 is 2.81 bits per heavy atom. The highest BCUT2D eigenvalue weighted by atomic mass is 32.2. The maximum atomic E-state index is 11.8. The van der Waals surface area contributed by atoms with Gasteiger partial charge in [-0.25, -0.2) is 8.42 Å². The van der Waals surface area contributed by atoms with Crippen LogP contribution in [0.5, 0.6) is 0 Å². The van der Waals surface area contributed by atoms with E-state index >= 15 is 0 Å². The molecule has 0 bridgehead atoms. The predicted molar refractivity (Wildman–Crippen MR) is 83.3 cm³/mol. The van der Waals surface area contributed by atoms with Gasteiger partial charge in [0.1, 0.15) is 0 Å². The first-order valence-electron chi connectivity index (χ1n) is 7.32. The van der Waals surface area contributed by atoms with Crippen molar-refractivity contribution < 1.29 is 13.2 Å². The summed E-state index contributed by atoms with van der Waals surface area (Å²) in [7, 11) is -3.02. The van der Waals surface area contributed by atoms with Crippen LogP contribution >= 0.6 is 0 Å². The lowest BCUT2D eigenvalue weighted by molar-refractivity contribution is -0.116. The molecule has 5 nitrogen and oxygen atoms in total. The lowest BCUT2D eigenvalue weighted by atomic mass is 10.0. The standard InChI is InChI=1S/C15H20N2O3S/c1-21(19,20)14-4-2-3-13(14)16-11-6-7-12-10(9-11)5-8-15(18)17-12/h6-7,9,13-14,16H,2-5,8H2,1H3,(H,17,18). The second-order valence-corrected chi connectivity index (χ2v) is 8.23. The van der Waals surface area contributed by atoms with Crippen LogP contribution in [-0.4, -0.2) is 31.9 Å². The molecule has 0 radical (unpaired) electrons. The van der Waals surface area contributed by atoms with Gasteiger partial charge in [-0.1, -0.05) is 0 Å². The van der Waals surface area contributed by atoms with Crippen molar-refractivity contribution in [3.8, 4) is 0 Å². The van der Waals surface area contributed by atoms with Gasteiger partial charge in [0.2, 0.25) is 5.91 Å². The first-order chi connectivity index (χ1) is 9.93. The molecule has 6 heteroatoms. The smallest absolute Gasteiger partial charge is 0.224 e. The van der Waals surface area contributed by atoms with Crippen molar-refractivity contribution >= 4 is 27.1 Å². The van der Waals surface area contributed by atoms with E-state index in [1.165, 1.54) is 6.26 Å². The van der Waals surface area contributed by atoms with Crippen LogP contribution in [0.4, 0.5) is 11.4 Å². The summed E-state index contributed by atoms with van der Waals surface area (Å²) in [6, 6.07) is 5.80. The molecule has 0 aromatic heterocycles. The quantitative estimate of drug-likeness (QED) is 0.895. The number of fused-ring (bicyclic) bond motifs is 1. The van der Waals surface area contributed by atoms with Gasteiger partial charge in [-0.3, -0.25) is 4.79 Å². The molecular weight excluding hydrogens is 288 g/mol. The number of carbonyl (C=O) groups is 1. The molecule has 114 valence electrons. The zero-order valence-corrected chi connectivity index (χ0v) is 12.9. The number of carbonyl (C=O) groups excluding carboxylic acids is 1. The number of sulfone groups is 1. The highest BCUT2D eigenvalue weighted by Gasteiger charge is 2.34. The maximum absolute atomic E-state index is 11.8. The molecule has 1 aliphatic carbocycles. The normalized spacial score (nSPS) is 25.3. The first-order valence-corrected chi connectivity index (χ1v) is 9.27. The van der Waals surface area contributed by atoms with E-state index in [2.05, 4.69) is 10.6 Å². The van der Waals surface area contributed by atoms with Gasteiger partial charge in [0, 0.05) is 30.1 Å². The Balaban J connectivity index is 1.78. The highest BCUT2D eigenvalue weighted by molar-refractivity contribution is 7.91. The third-order valence-corrected chi connectivity index (χ3v) is 6.02. The molecule has 1 saturated carbocycles. The summed E-state index contributed by atoms with van der Waals surface area (Å²) in [4.78, 5) is 11.3. The van der Waals surface area contributed by atoms with E-state index in [1.54, 1.807) is 0 Å². The molecule has 2 aliphatic rings. The molecule has 3 rings (SSSR count). The SMILES string of the molecule is CS(=O)(=O)C1CCCC1Nc1ccc2c(c1)CCC(=O)N2. The third-order valence-electron chi connectivity index (χ3n) is 4.36. The van der Waals surface area contributed by atoms with Crippen molar-refractivity contribution in [1.82, 2.24) is 0 Å². The minimum Gasteiger partial charge on any atom is -0.381 e. The fourth-order valence-electron chi connectivity index (χ4n) is 3.29. The van der Waals surface area contributed by atoms with E-state index < -0.39 is 9.84 Å². The van der Waals surface area contributed by atoms with Gasteiger partial charge >= 0.3 is 0 Å². The van der Waals surface area contributed by atoms with Crippen molar-refractivity contribution in [3.63, 3.8) is 0 Å². The minimum absolute atomic E-state index is 0.0174. The van der Waals surface area contributed by atoms with Crippen LogP contribution < -0.4 is 10.6 Å². The van der Waals surface area contributed by atoms with Crippen molar-refractivity contribution in [2.75, 3.05) is 16.9 Å². The molecule has 1 amide bonds. The fraction of sp³-hybridized carbons (Fsp3) is 0.533. The van der Waals surface area contributed by atoms with Gasteiger partial charge in [0.15, 0.2) is 9.84 Å². The Hall–Kier alpha value is -1.56. The second kappa shape index (κ2) is 5.33. The maximum Gasteiger partial charge on any atom is 0.224 e. The fourth-order valence-corrected chi connectivity index (χ4v) is 4.69. The van der Waals surface area contributed by atoms with E-state index in [9.17, 15) is 13.2 Å². The number of rotatable bonds is 3. The third kappa shape index (κ3) is 3.05. The van der Waals surface area contributed by atoms with Crippen molar-refractivity contribution in [3.05, 3.63) is 23.8 Å². The van der Waals surface area contributed by atoms with Crippen LogP contribution in [0, 0.1) is 0 Å². The van der Waals surface area contributed by atoms with Crippen LogP contribution in [0.15, 0.2) is 18.2 Å². The lowest BCUT2D eigenvalue weighted by Gasteiger charge is -2.23. The Bertz CT molecular complexity index is 669. The largest absolute Gasteiger partial charge is 0.381 e. The predicted octanol–water partition coefficient (Wildman–Crippen LogP) is 1.95. The highest BCUT2D eigenvalue weighted by Crippen LogP contribution is 2.30. The van der Waals surface area contributed by atoms with E-state index in [0.29, 0.717) is 6.42 Å². The minimum atomic E-state index is -3.02. The average Bonchev–Trinajstić information content (AvgIpc) is 2.87. The van der Waals surface area contributed by atoms with Gasteiger partial charge in [-0.15, -0.1) is 0 Å². The summed E-state index contributed by atoms with van der Waals surface area (Å²) in [5.41, 5.74) is 2.90. The molecule has 1 aromatic carbocycles. The van der Waals surface area contributed by atoms with Crippen LogP contribution in [0.25, 0.3) is 0 Å². The molecule has 1 aliphatic heterocycles. The van der Waals surface area contributed by atoms with E-state index in [4.69, 9.17) is 0 Å². The molecule has 2 unspecified atom stereocenters. The van der Waals surface area contributed by atoms with Gasteiger partial charge in [-0.05, 0) is 49.4 Å². The van der Waals surface area contributed by atoms with Gasteiger partial charge < -0.3 is 10.6 Å². The topological polar surface area (TPSA) is 75.3 Å². The molecule has 2 atom stereocenters. The summed E-state index contributed by atoms with van der Waals surface area (Å²) in [5, 5.41) is 5.92. The van der Waals surface area contributed by atoms with Crippen molar-refractivity contribution in [2.24, 2.45) is 0 Å². The zero-order valence-electron chi connectivity index (χ0n) is 12.1. The van der Waals surface area contributed by atoms with Gasteiger partial charge in [0.05, 0.1) is 5.25 Å². The molecule has 0 spiro atoms. The monoisotopic (exact) mass is 308 g/mol.